The van der Waals surface area contributed by atoms with E-state index in [9.17, 15) is 14.0 Å². The molecule has 6 rings (SSSR count). The maximum atomic E-state index is 14.4. The van der Waals surface area contributed by atoms with Crippen molar-refractivity contribution in [1.29, 1.82) is 0 Å². The number of imidazole rings is 1. The molecule has 3 aromatic heterocycles. The number of pyridine rings is 1. The molecule has 1 aliphatic heterocycles. The number of fused-ring (bicyclic) bond motifs is 4. The number of aromatic nitrogens is 5. The van der Waals surface area contributed by atoms with Crippen LogP contribution in [0.3, 0.4) is 0 Å². The number of carbonyl (C=O) groups is 1. The van der Waals surface area contributed by atoms with Crippen LogP contribution in [0.5, 0.6) is 0 Å². The number of anilines is 3. The van der Waals surface area contributed by atoms with Crippen LogP contribution in [0, 0.1) is 0 Å². The Bertz CT molecular complexity index is 1420. The van der Waals surface area contributed by atoms with E-state index in [0.29, 0.717) is 17.0 Å². The molecule has 12 nitrogen and oxygen atoms in total. The minimum Gasteiger partial charge on any atom is -0.381 e. The smallest absolute Gasteiger partial charge is 0.328 e. The highest BCUT2D eigenvalue weighted by Gasteiger charge is 2.37. The summed E-state index contributed by atoms with van der Waals surface area (Å²) in [5.74, 6) is 0.539. The van der Waals surface area contributed by atoms with E-state index in [1.54, 1.807) is 24.8 Å². The normalized spacial score (nSPS) is 27.4. The first-order valence-electron chi connectivity index (χ1n) is 13.0. The monoisotopic (exact) mass is 526 g/mol. The second kappa shape index (κ2) is 9.95. The molecule has 3 aromatic rings. The van der Waals surface area contributed by atoms with Crippen molar-refractivity contribution in [2.45, 2.75) is 75.6 Å². The Kier molecular flexibility index (Phi) is 6.48. The predicted molar refractivity (Wildman–Crippen MR) is 138 cm³/mol. The van der Waals surface area contributed by atoms with Crippen LogP contribution >= 0.6 is 0 Å². The van der Waals surface area contributed by atoms with E-state index in [2.05, 4.69) is 30.9 Å². The molecule has 0 saturated heterocycles. The van der Waals surface area contributed by atoms with Crippen LogP contribution in [0.25, 0.3) is 11.2 Å². The molecule has 0 radical (unpaired) electrons. The first kappa shape index (κ1) is 24.7. The molecular weight excluding hydrogens is 495 g/mol. The van der Waals surface area contributed by atoms with Crippen molar-refractivity contribution >= 4 is 34.6 Å². The van der Waals surface area contributed by atoms with Crippen molar-refractivity contribution in [3.63, 3.8) is 0 Å². The Morgan fingerprint density at radius 3 is 2.76 bits per heavy atom. The summed E-state index contributed by atoms with van der Waals surface area (Å²) < 4.78 is 29.1. The van der Waals surface area contributed by atoms with Gasteiger partial charge in [0.25, 0.3) is 5.56 Å². The fraction of sp³-hybridized carbons (Fsp3) is 0.560. The van der Waals surface area contributed by atoms with Gasteiger partial charge in [-0.3, -0.25) is 4.79 Å². The lowest BCUT2D eigenvalue weighted by molar-refractivity contribution is 0.0268. The van der Waals surface area contributed by atoms with Crippen LogP contribution in [0.2, 0.25) is 0 Å². The summed E-state index contributed by atoms with van der Waals surface area (Å²) in [6.07, 6.45) is 5.47. The second-order valence-electron chi connectivity index (χ2n) is 10.2. The van der Waals surface area contributed by atoms with Crippen LogP contribution in [-0.2, 0) is 16.1 Å². The number of alkyl halides is 1. The highest BCUT2D eigenvalue weighted by atomic mass is 19.1. The number of amides is 1. The summed E-state index contributed by atoms with van der Waals surface area (Å²) >= 11 is 0. The molecule has 3 atom stereocenters. The van der Waals surface area contributed by atoms with Crippen molar-refractivity contribution < 1.29 is 18.7 Å². The highest BCUT2D eigenvalue weighted by Crippen LogP contribution is 2.31. The van der Waals surface area contributed by atoms with E-state index in [1.165, 1.54) is 10.9 Å². The molecule has 2 fully saturated rings. The van der Waals surface area contributed by atoms with Crippen molar-refractivity contribution in [1.82, 2.24) is 29.4 Å². The quantitative estimate of drug-likeness (QED) is 0.470. The molecule has 38 heavy (non-hydrogen) atoms. The summed E-state index contributed by atoms with van der Waals surface area (Å²) in [6, 6.07) is 0.733. The maximum absolute atomic E-state index is 14.4. The average molecular weight is 527 g/mol. The fourth-order valence-corrected chi connectivity index (χ4v) is 5.77. The van der Waals surface area contributed by atoms with Gasteiger partial charge in [0.2, 0.25) is 5.95 Å². The molecule has 4 bridgehead atoms. The maximum Gasteiger partial charge on any atom is 0.328 e. The van der Waals surface area contributed by atoms with Crippen LogP contribution in [0.15, 0.2) is 23.4 Å². The number of hydrogen-bond acceptors (Lipinski definition) is 9. The summed E-state index contributed by atoms with van der Waals surface area (Å²) in [5.41, 5.74) is 1.49. The lowest BCUT2D eigenvalue weighted by Crippen LogP contribution is -2.43. The van der Waals surface area contributed by atoms with Gasteiger partial charge >= 0.3 is 6.03 Å². The lowest BCUT2D eigenvalue weighted by Gasteiger charge is -2.30. The molecular formula is C25H31FN8O4. The van der Waals surface area contributed by atoms with Gasteiger partial charge in [0.1, 0.15) is 18.2 Å². The van der Waals surface area contributed by atoms with E-state index >= 15 is 0 Å². The van der Waals surface area contributed by atoms with Crippen molar-refractivity contribution in [2.24, 2.45) is 0 Å². The molecule has 202 valence electrons. The zero-order chi connectivity index (χ0) is 26.4. The van der Waals surface area contributed by atoms with Gasteiger partial charge in [0.05, 0.1) is 24.9 Å². The Balaban J connectivity index is 1.46. The van der Waals surface area contributed by atoms with Gasteiger partial charge in [-0.15, -0.1) is 0 Å². The number of nitrogens with one attached hydrogen (secondary N) is 3. The molecule has 0 unspecified atom stereocenters. The number of methoxy groups -OCH3 is 1. The van der Waals surface area contributed by atoms with E-state index in [-0.39, 0.29) is 48.7 Å². The highest BCUT2D eigenvalue weighted by molar-refractivity contribution is 5.92. The molecule has 3 aliphatic rings. The van der Waals surface area contributed by atoms with Crippen LogP contribution < -0.4 is 21.5 Å². The van der Waals surface area contributed by atoms with Gasteiger partial charge in [-0.25, -0.2) is 18.7 Å². The van der Waals surface area contributed by atoms with Gasteiger partial charge in [0.15, 0.2) is 17.0 Å². The summed E-state index contributed by atoms with van der Waals surface area (Å²) in [5, 5.41) is 8.95. The Morgan fingerprint density at radius 2 is 2.00 bits per heavy atom. The van der Waals surface area contributed by atoms with E-state index < -0.39 is 24.3 Å². The molecule has 0 spiro atoms. The number of carbonyl (C=O) groups excluding carboxylic acids is 1. The van der Waals surface area contributed by atoms with Gasteiger partial charge < -0.3 is 30.0 Å². The molecule has 0 aromatic carbocycles. The summed E-state index contributed by atoms with van der Waals surface area (Å²) in [6.45, 7) is 0.157. The predicted octanol–water partition coefficient (Wildman–Crippen LogP) is 2.86. The van der Waals surface area contributed by atoms with Crippen LogP contribution in [0.4, 0.5) is 26.6 Å². The molecule has 3 N–H and O–H groups in total. The van der Waals surface area contributed by atoms with Crippen LogP contribution in [0.1, 0.15) is 50.1 Å². The first-order chi connectivity index (χ1) is 18.4. The number of halogens is 1. The van der Waals surface area contributed by atoms with Gasteiger partial charge in [-0.05, 0) is 37.3 Å². The Hall–Kier alpha value is -3.58. The standard InChI is InChI=1S/C25H31FN8O4/c1-27-21-20-22-32-24(31-21)29-18-7-13(10-33(23(18)35)15-3-5-16(37-2)6-4-15)11-38-19-9-14(26)8-17(19)30-25(36)34(22)12-28-20/h7,10,12,14-17,19H,3-6,8-9,11H2,1-2H3,(H,30,36)(H2,27,29,31,32)/t14-,15?,16?,17-,19-/m0/s1. The number of rotatable bonds is 3. The van der Waals surface area contributed by atoms with Crippen molar-refractivity contribution in [3.05, 3.63) is 34.5 Å². The first-order valence-corrected chi connectivity index (χ1v) is 13.0. The third kappa shape index (κ3) is 4.49. The number of hydrogen-bond donors (Lipinski definition) is 3. The van der Waals surface area contributed by atoms with Crippen molar-refractivity contribution in [2.75, 3.05) is 24.8 Å². The third-order valence-electron chi connectivity index (χ3n) is 7.79. The fourth-order valence-electron chi connectivity index (χ4n) is 5.77. The summed E-state index contributed by atoms with van der Waals surface area (Å²) in [4.78, 5) is 40.1. The van der Waals surface area contributed by atoms with E-state index in [1.807, 2.05) is 6.20 Å². The molecule has 1 amide bonds. The van der Waals surface area contributed by atoms with Gasteiger partial charge in [-0.2, -0.15) is 9.97 Å². The van der Waals surface area contributed by atoms with Crippen molar-refractivity contribution in [3.8, 4) is 0 Å². The van der Waals surface area contributed by atoms with E-state index in [0.717, 1.165) is 31.2 Å². The third-order valence-corrected chi connectivity index (χ3v) is 7.79. The minimum atomic E-state index is -1.09. The molecule has 13 heteroatoms. The lowest BCUT2D eigenvalue weighted by atomic mass is 9.92. The van der Waals surface area contributed by atoms with Crippen LogP contribution in [-0.4, -0.2) is 68.7 Å². The number of ether oxygens (including phenoxy) is 2. The van der Waals surface area contributed by atoms with Gasteiger partial charge in [-0.1, -0.05) is 0 Å². The Morgan fingerprint density at radius 1 is 1.18 bits per heavy atom. The zero-order valence-electron chi connectivity index (χ0n) is 21.3. The van der Waals surface area contributed by atoms with E-state index in [4.69, 9.17) is 9.47 Å². The second-order valence-corrected chi connectivity index (χ2v) is 10.2. The SMILES string of the molecule is CNc1nc2nc3c1ncn3C(=O)N[C@H]1C[C@H](F)C[C@@H]1OCc1cc(c(=O)n(C3CCC(OC)CC3)c1)N2. The average Bonchev–Trinajstić information content (AvgIpc) is 3.50. The largest absolute Gasteiger partial charge is 0.381 e. The topological polar surface area (TPSA) is 137 Å². The zero-order valence-corrected chi connectivity index (χ0v) is 21.3. The molecule has 4 heterocycles. The molecule has 2 saturated carbocycles. The Labute approximate surface area is 217 Å². The number of nitrogens with zero attached hydrogens (tertiary/aromatic N) is 5. The summed E-state index contributed by atoms with van der Waals surface area (Å²) in [7, 11) is 3.41. The van der Waals surface area contributed by atoms with Gasteiger partial charge in [0, 0.05) is 39.2 Å². The molecule has 2 aliphatic carbocycles. The minimum absolute atomic E-state index is 0.0136.